The topological polar surface area (TPSA) is 126 Å². The molecule has 0 aliphatic carbocycles. The standard InChI is InChI=1S/C22H22N4O5/c1-22(20(29)25-21(30)26-22)14-6-3-8-16(12-14)23-18(27)13-5-2-7-15(11-13)24-19(28)17-9-4-10-31-17/h2-3,5-8,11-12,17H,4,9-10H2,1H3,(H,23,27)(H,24,28)(H2,25,26,29,30). The van der Waals surface area contributed by atoms with Crippen molar-refractivity contribution in [3.05, 3.63) is 59.7 Å². The number of hydrogen-bond donors (Lipinski definition) is 4. The van der Waals surface area contributed by atoms with Crippen LogP contribution in [-0.2, 0) is 19.9 Å². The zero-order valence-corrected chi connectivity index (χ0v) is 16.9. The van der Waals surface area contributed by atoms with Crippen molar-refractivity contribution in [3.8, 4) is 0 Å². The van der Waals surface area contributed by atoms with Crippen molar-refractivity contribution in [1.29, 1.82) is 0 Å². The van der Waals surface area contributed by atoms with Crippen molar-refractivity contribution in [2.45, 2.75) is 31.4 Å². The summed E-state index contributed by atoms with van der Waals surface area (Å²) in [6, 6.07) is 12.7. The van der Waals surface area contributed by atoms with E-state index in [1.165, 1.54) is 0 Å². The van der Waals surface area contributed by atoms with Gasteiger partial charge in [-0.2, -0.15) is 0 Å². The predicted octanol–water partition coefficient (Wildman–Crippen LogP) is 2.11. The van der Waals surface area contributed by atoms with Crippen LogP contribution in [0.1, 0.15) is 35.7 Å². The van der Waals surface area contributed by atoms with E-state index in [9.17, 15) is 19.2 Å². The molecule has 4 N–H and O–H groups in total. The molecule has 0 aromatic heterocycles. The van der Waals surface area contributed by atoms with Crippen molar-refractivity contribution < 1.29 is 23.9 Å². The molecule has 9 heteroatoms. The van der Waals surface area contributed by atoms with Crippen LogP contribution in [0.15, 0.2) is 48.5 Å². The van der Waals surface area contributed by atoms with Gasteiger partial charge in [0.25, 0.3) is 17.7 Å². The Kier molecular flexibility index (Phi) is 5.43. The Morgan fingerprint density at radius 3 is 2.48 bits per heavy atom. The minimum Gasteiger partial charge on any atom is -0.368 e. The predicted molar refractivity (Wildman–Crippen MR) is 112 cm³/mol. The van der Waals surface area contributed by atoms with Crippen LogP contribution in [0.5, 0.6) is 0 Å². The molecule has 2 saturated heterocycles. The third kappa shape index (κ3) is 4.26. The maximum absolute atomic E-state index is 12.7. The Morgan fingerprint density at radius 2 is 1.81 bits per heavy atom. The lowest BCUT2D eigenvalue weighted by Crippen LogP contribution is -2.40. The summed E-state index contributed by atoms with van der Waals surface area (Å²) < 4.78 is 5.37. The highest BCUT2D eigenvalue weighted by Crippen LogP contribution is 2.27. The van der Waals surface area contributed by atoms with Crippen LogP contribution in [0.4, 0.5) is 16.2 Å². The van der Waals surface area contributed by atoms with E-state index in [0.717, 1.165) is 6.42 Å². The lowest BCUT2D eigenvalue weighted by molar-refractivity contribution is -0.125. The molecule has 4 rings (SSSR count). The Hall–Kier alpha value is -3.72. The number of nitrogens with one attached hydrogen (secondary N) is 4. The molecule has 2 unspecified atom stereocenters. The fraction of sp³-hybridized carbons (Fsp3) is 0.273. The summed E-state index contributed by atoms with van der Waals surface area (Å²) in [6.07, 6.45) is 1.07. The van der Waals surface area contributed by atoms with Crippen LogP contribution in [0.25, 0.3) is 0 Å². The van der Waals surface area contributed by atoms with E-state index in [1.54, 1.807) is 55.5 Å². The first-order chi connectivity index (χ1) is 14.8. The quantitative estimate of drug-likeness (QED) is 0.549. The zero-order chi connectivity index (χ0) is 22.0. The van der Waals surface area contributed by atoms with Crippen molar-refractivity contribution in [2.75, 3.05) is 17.2 Å². The Morgan fingerprint density at radius 1 is 1.06 bits per heavy atom. The summed E-state index contributed by atoms with van der Waals surface area (Å²) in [7, 11) is 0. The number of imide groups is 1. The van der Waals surface area contributed by atoms with E-state index in [2.05, 4.69) is 21.3 Å². The molecule has 2 aromatic rings. The molecular formula is C22H22N4O5. The van der Waals surface area contributed by atoms with E-state index < -0.39 is 23.6 Å². The minimum atomic E-state index is -1.22. The van der Waals surface area contributed by atoms with Gasteiger partial charge in [0.1, 0.15) is 11.6 Å². The number of carbonyl (C=O) groups is 4. The second-order valence-corrected chi connectivity index (χ2v) is 7.64. The molecule has 0 spiro atoms. The minimum absolute atomic E-state index is 0.229. The van der Waals surface area contributed by atoms with Crippen molar-refractivity contribution in [2.24, 2.45) is 0 Å². The van der Waals surface area contributed by atoms with Gasteiger partial charge in [0, 0.05) is 23.5 Å². The summed E-state index contributed by atoms with van der Waals surface area (Å²) in [5, 5.41) is 10.4. The van der Waals surface area contributed by atoms with Gasteiger partial charge in [0.15, 0.2) is 0 Å². The van der Waals surface area contributed by atoms with Gasteiger partial charge < -0.3 is 20.7 Å². The lowest BCUT2D eigenvalue weighted by atomic mass is 9.92. The molecule has 5 amide bonds. The van der Waals surface area contributed by atoms with E-state index in [1.807, 2.05) is 0 Å². The SMILES string of the molecule is CC1(c2cccc(NC(=O)c3cccc(NC(=O)C4CCCO4)c3)c2)NC(=O)NC1=O. The molecule has 0 bridgehead atoms. The zero-order valence-electron chi connectivity index (χ0n) is 16.9. The van der Waals surface area contributed by atoms with Gasteiger partial charge in [-0.3, -0.25) is 19.7 Å². The Labute approximate surface area is 178 Å². The first-order valence-electron chi connectivity index (χ1n) is 9.93. The second-order valence-electron chi connectivity index (χ2n) is 7.64. The molecule has 2 aliphatic rings. The van der Waals surface area contributed by atoms with Gasteiger partial charge >= 0.3 is 6.03 Å². The largest absolute Gasteiger partial charge is 0.368 e. The molecular weight excluding hydrogens is 400 g/mol. The average molecular weight is 422 g/mol. The number of anilines is 2. The van der Waals surface area contributed by atoms with E-state index in [-0.39, 0.29) is 11.8 Å². The van der Waals surface area contributed by atoms with Gasteiger partial charge in [-0.05, 0) is 55.7 Å². The van der Waals surface area contributed by atoms with E-state index in [0.29, 0.717) is 35.5 Å². The molecule has 31 heavy (non-hydrogen) atoms. The van der Waals surface area contributed by atoms with Gasteiger partial charge in [-0.25, -0.2) is 4.79 Å². The first kappa shape index (κ1) is 20.5. The van der Waals surface area contributed by atoms with Crippen molar-refractivity contribution in [1.82, 2.24) is 10.6 Å². The second kappa shape index (κ2) is 8.19. The summed E-state index contributed by atoms with van der Waals surface area (Å²) in [4.78, 5) is 48.7. The molecule has 160 valence electrons. The molecule has 0 saturated carbocycles. The van der Waals surface area contributed by atoms with Crippen molar-refractivity contribution >= 4 is 35.1 Å². The van der Waals surface area contributed by atoms with Crippen LogP contribution >= 0.6 is 0 Å². The van der Waals surface area contributed by atoms with Crippen LogP contribution in [-0.4, -0.2) is 36.5 Å². The fourth-order valence-corrected chi connectivity index (χ4v) is 3.60. The molecule has 2 aliphatic heterocycles. The number of hydrogen-bond acceptors (Lipinski definition) is 5. The van der Waals surface area contributed by atoms with E-state index >= 15 is 0 Å². The fourth-order valence-electron chi connectivity index (χ4n) is 3.60. The molecule has 2 atom stereocenters. The maximum Gasteiger partial charge on any atom is 0.322 e. The van der Waals surface area contributed by atoms with Gasteiger partial charge in [-0.15, -0.1) is 0 Å². The third-order valence-electron chi connectivity index (χ3n) is 5.36. The summed E-state index contributed by atoms with van der Waals surface area (Å²) in [5.41, 5.74) is 0.635. The number of benzene rings is 2. The lowest BCUT2D eigenvalue weighted by Gasteiger charge is -2.21. The van der Waals surface area contributed by atoms with Gasteiger partial charge in [0.05, 0.1) is 0 Å². The van der Waals surface area contributed by atoms with Crippen LogP contribution < -0.4 is 21.3 Å². The normalized spacial score (nSPS) is 22.5. The number of carbonyl (C=O) groups excluding carboxylic acids is 4. The van der Waals surface area contributed by atoms with Crippen LogP contribution in [0, 0.1) is 0 Å². The Bertz CT molecular complexity index is 1060. The number of ether oxygens (including phenoxy) is 1. The monoisotopic (exact) mass is 422 g/mol. The third-order valence-corrected chi connectivity index (χ3v) is 5.36. The number of rotatable bonds is 5. The highest BCUT2D eigenvalue weighted by atomic mass is 16.5. The highest BCUT2D eigenvalue weighted by Gasteiger charge is 2.43. The van der Waals surface area contributed by atoms with Crippen LogP contribution in [0.3, 0.4) is 0 Å². The van der Waals surface area contributed by atoms with Crippen molar-refractivity contribution in [3.63, 3.8) is 0 Å². The van der Waals surface area contributed by atoms with E-state index in [4.69, 9.17) is 4.74 Å². The smallest absolute Gasteiger partial charge is 0.322 e. The molecule has 2 heterocycles. The average Bonchev–Trinajstić information content (AvgIpc) is 3.37. The summed E-state index contributed by atoms with van der Waals surface area (Å²) in [5.74, 6) is -1.07. The first-order valence-corrected chi connectivity index (χ1v) is 9.93. The van der Waals surface area contributed by atoms with Gasteiger partial charge in [-0.1, -0.05) is 18.2 Å². The Balaban J connectivity index is 1.47. The summed E-state index contributed by atoms with van der Waals surface area (Å²) in [6.45, 7) is 2.17. The number of amides is 5. The molecule has 9 nitrogen and oxygen atoms in total. The number of urea groups is 1. The molecule has 2 fully saturated rings. The van der Waals surface area contributed by atoms with Crippen LogP contribution in [0.2, 0.25) is 0 Å². The summed E-state index contributed by atoms with van der Waals surface area (Å²) >= 11 is 0. The molecule has 2 aromatic carbocycles. The maximum atomic E-state index is 12.7. The van der Waals surface area contributed by atoms with Gasteiger partial charge in [0.2, 0.25) is 0 Å². The highest BCUT2D eigenvalue weighted by molar-refractivity contribution is 6.08. The molecule has 0 radical (unpaired) electrons.